The van der Waals surface area contributed by atoms with Crippen molar-refractivity contribution < 1.29 is 4.79 Å². The minimum Gasteiger partial charge on any atom is -0.294 e. The summed E-state index contributed by atoms with van der Waals surface area (Å²) >= 11 is 0. The van der Waals surface area contributed by atoms with E-state index >= 15 is 0 Å². The molecular weight excluding hydrogens is 100 g/mol. The maximum atomic E-state index is 10.7. The average Bonchev–Trinajstić information content (AvgIpc) is 1.64. The molecule has 0 amide bonds. The Balaban J connectivity index is 3.84. The first-order valence-corrected chi connectivity index (χ1v) is 2.58. The summed E-state index contributed by atoms with van der Waals surface area (Å²) in [5.74, 6) is -0.0995. The molecule has 0 aromatic carbocycles. The number of Topliss-reactive ketones (excluding diaryl/α,β-unsaturated/α-hetero) is 1. The molecule has 0 saturated carbocycles. The molecule has 0 spiro atoms. The number of allylic oxidation sites excluding steroid dienone is 1. The van der Waals surface area contributed by atoms with Crippen molar-refractivity contribution in [3.8, 4) is 0 Å². The van der Waals surface area contributed by atoms with Crippen molar-refractivity contribution in [1.29, 1.82) is 0 Å². The van der Waals surface area contributed by atoms with Crippen LogP contribution in [0.4, 0.5) is 0 Å². The van der Waals surface area contributed by atoms with Gasteiger partial charge in [-0.05, 0) is 19.4 Å². The van der Waals surface area contributed by atoms with Gasteiger partial charge in [-0.25, -0.2) is 0 Å². The summed E-state index contributed by atoms with van der Waals surface area (Å²) < 4.78 is 0. The molecule has 0 rings (SSSR count). The van der Waals surface area contributed by atoms with Crippen LogP contribution >= 0.6 is 0 Å². The Morgan fingerprint density at radius 1 is 1.62 bits per heavy atom. The van der Waals surface area contributed by atoms with Gasteiger partial charge in [-0.15, -0.1) is 0 Å². The van der Waals surface area contributed by atoms with Crippen LogP contribution in [-0.2, 0) is 4.79 Å². The molecule has 1 radical (unpaired) electrons. The highest BCUT2D eigenvalue weighted by Gasteiger charge is 2.05. The van der Waals surface area contributed by atoms with Gasteiger partial charge in [-0.1, -0.05) is 13.5 Å². The molecule has 0 aliphatic rings. The fraction of sp³-hybridized carbons (Fsp3) is 0.429. The average molecular weight is 111 g/mol. The first-order valence-electron chi connectivity index (χ1n) is 2.58. The summed E-state index contributed by atoms with van der Waals surface area (Å²) in [6.45, 7) is 10.5. The summed E-state index contributed by atoms with van der Waals surface area (Å²) in [5.41, 5.74) is 0.590. The lowest BCUT2D eigenvalue weighted by molar-refractivity contribution is -0.117. The smallest absolute Gasteiger partial charge is 0.160 e. The highest BCUT2D eigenvalue weighted by atomic mass is 16.1. The molecule has 0 aromatic rings. The van der Waals surface area contributed by atoms with E-state index in [4.69, 9.17) is 0 Å². The van der Waals surface area contributed by atoms with Crippen molar-refractivity contribution in [2.75, 3.05) is 0 Å². The third-order valence-corrected chi connectivity index (χ3v) is 0.868. The van der Waals surface area contributed by atoms with E-state index in [-0.39, 0.29) is 11.7 Å². The summed E-state index contributed by atoms with van der Waals surface area (Å²) in [4.78, 5) is 10.7. The second kappa shape index (κ2) is 2.65. The van der Waals surface area contributed by atoms with E-state index < -0.39 is 0 Å². The van der Waals surface area contributed by atoms with Gasteiger partial charge in [0.15, 0.2) is 5.78 Å². The molecule has 1 heteroatoms. The Hall–Kier alpha value is -0.590. The second-order valence-electron chi connectivity index (χ2n) is 2.05. The number of hydrogen-bond donors (Lipinski definition) is 0. The summed E-state index contributed by atoms with van der Waals surface area (Å²) in [7, 11) is 0. The molecular formula is C7H11O. The molecule has 0 aliphatic heterocycles. The fourth-order valence-corrected chi connectivity index (χ4v) is 0.421. The Labute approximate surface area is 50.4 Å². The van der Waals surface area contributed by atoms with Crippen LogP contribution in [0.1, 0.15) is 13.8 Å². The van der Waals surface area contributed by atoms with Crippen molar-refractivity contribution >= 4 is 5.78 Å². The van der Waals surface area contributed by atoms with E-state index in [1.54, 1.807) is 13.8 Å². The Morgan fingerprint density at radius 3 is 2.00 bits per heavy atom. The van der Waals surface area contributed by atoms with Gasteiger partial charge >= 0.3 is 0 Å². The predicted molar refractivity (Wildman–Crippen MR) is 34.3 cm³/mol. The zero-order valence-electron chi connectivity index (χ0n) is 5.40. The van der Waals surface area contributed by atoms with E-state index in [1.807, 2.05) is 0 Å². The Kier molecular flexibility index (Phi) is 2.46. The van der Waals surface area contributed by atoms with Crippen LogP contribution in [0.25, 0.3) is 0 Å². The van der Waals surface area contributed by atoms with Gasteiger partial charge in [0.05, 0.1) is 0 Å². The maximum absolute atomic E-state index is 10.7. The number of carbonyl (C=O) groups excluding carboxylic acids is 1. The normalized spacial score (nSPS) is 9.50. The van der Waals surface area contributed by atoms with E-state index in [2.05, 4.69) is 13.5 Å². The van der Waals surface area contributed by atoms with Gasteiger partial charge < -0.3 is 0 Å². The Bertz CT molecular complexity index is 112. The van der Waals surface area contributed by atoms with Crippen LogP contribution in [-0.4, -0.2) is 5.78 Å². The van der Waals surface area contributed by atoms with Crippen LogP contribution in [0.3, 0.4) is 0 Å². The zero-order valence-corrected chi connectivity index (χ0v) is 5.40. The molecule has 0 fully saturated rings. The maximum Gasteiger partial charge on any atom is 0.160 e. The van der Waals surface area contributed by atoms with Gasteiger partial charge in [0.25, 0.3) is 0 Å². The minimum absolute atomic E-state index is 0.0463. The van der Waals surface area contributed by atoms with Gasteiger partial charge in [0.2, 0.25) is 0 Å². The van der Waals surface area contributed by atoms with Crippen LogP contribution in [0.5, 0.6) is 0 Å². The van der Waals surface area contributed by atoms with Gasteiger partial charge in [-0.2, -0.15) is 0 Å². The third-order valence-electron chi connectivity index (χ3n) is 0.868. The highest BCUT2D eigenvalue weighted by molar-refractivity contribution is 5.96. The molecule has 0 aromatic heterocycles. The first kappa shape index (κ1) is 7.41. The summed E-state index contributed by atoms with van der Waals surface area (Å²) in [6.07, 6.45) is 0. The van der Waals surface area contributed by atoms with Crippen molar-refractivity contribution in [2.24, 2.45) is 5.92 Å². The standard InChI is InChI=1S/C7H11O/c1-5(2)7(8)6(3)4/h5H,1,3H2,2,4H3. The lowest BCUT2D eigenvalue weighted by Crippen LogP contribution is -2.06. The predicted octanol–water partition coefficient (Wildman–Crippen LogP) is 1.60. The number of carbonyl (C=O) groups is 1. The molecule has 1 nitrogen and oxygen atoms in total. The molecule has 0 heterocycles. The van der Waals surface area contributed by atoms with Crippen molar-refractivity contribution in [3.63, 3.8) is 0 Å². The van der Waals surface area contributed by atoms with Gasteiger partial charge in [0, 0.05) is 5.92 Å². The van der Waals surface area contributed by atoms with Crippen molar-refractivity contribution in [1.82, 2.24) is 0 Å². The van der Waals surface area contributed by atoms with Gasteiger partial charge in [0.1, 0.15) is 0 Å². The van der Waals surface area contributed by atoms with E-state index in [0.717, 1.165) is 0 Å². The third kappa shape index (κ3) is 1.92. The molecule has 0 N–H and O–H groups in total. The van der Waals surface area contributed by atoms with Crippen molar-refractivity contribution in [2.45, 2.75) is 13.8 Å². The topological polar surface area (TPSA) is 17.1 Å². The molecule has 0 bridgehead atoms. The van der Waals surface area contributed by atoms with Gasteiger partial charge in [-0.3, -0.25) is 4.79 Å². The molecule has 8 heavy (non-hydrogen) atoms. The number of hydrogen-bond acceptors (Lipinski definition) is 1. The molecule has 1 unspecified atom stereocenters. The first-order chi connectivity index (χ1) is 3.55. The minimum atomic E-state index is -0.146. The van der Waals surface area contributed by atoms with E-state index in [9.17, 15) is 4.79 Å². The largest absolute Gasteiger partial charge is 0.294 e. The van der Waals surface area contributed by atoms with Crippen molar-refractivity contribution in [3.05, 3.63) is 19.1 Å². The number of ketones is 1. The SMILES string of the molecule is [CH2]C(C)C(=O)C(=C)C. The zero-order chi connectivity index (χ0) is 6.73. The second-order valence-corrected chi connectivity index (χ2v) is 2.05. The fourth-order valence-electron chi connectivity index (χ4n) is 0.421. The monoisotopic (exact) mass is 111 g/mol. The Morgan fingerprint density at radius 2 is 2.00 bits per heavy atom. The quantitative estimate of drug-likeness (QED) is 0.495. The summed E-state index contributed by atoms with van der Waals surface area (Å²) in [6, 6.07) is 0. The number of rotatable bonds is 2. The van der Waals surface area contributed by atoms with E-state index in [0.29, 0.717) is 5.57 Å². The molecule has 1 atom stereocenters. The van der Waals surface area contributed by atoms with Crippen LogP contribution in [0, 0.1) is 12.8 Å². The van der Waals surface area contributed by atoms with Crippen LogP contribution in [0.15, 0.2) is 12.2 Å². The summed E-state index contributed by atoms with van der Waals surface area (Å²) in [5, 5.41) is 0. The highest BCUT2D eigenvalue weighted by Crippen LogP contribution is 2.00. The lowest BCUT2D eigenvalue weighted by atomic mass is 10.0. The van der Waals surface area contributed by atoms with E-state index in [1.165, 1.54) is 0 Å². The van der Waals surface area contributed by atoms with Crippen LogP contribution in [0.2, 0.25) is 0 Å². The molecule has 0 saturated heterocycles. The molecule has 0 aliphatic carbocycles. The lowest BCUT2D eigenvalue weighted by Gasteiger charge is -1.99. The molecule has 45 valence electrons. The van der Waals surface area contributed by atoms with Crippen LogP contribution < -0.4 is 0 Å².